The Hall–Kier alpha value is -4.15. The predicted octanol–water partition coefficient (Wildman–Crippen LogP) is 5.44. The summed E-state index contributed by atoms with van der Waals surface area (Å²) >= 11 is 9.89. The maximum atomic E-state index is 13.2. The minimum Gasteiger partial charge on any atom is -0.490 e. The summed E-state index contributed by atoms with van der Waals surface area (Å²) < 4.78 is 12.6. The first kappa shape index (κ1) is 26.9. The molecule has 38 heavy (non-hydrogen) atoms. The van der Waals surface area contributed by atoms with Crippen molar-refractivity contribution in [2.24, 2.45) is 0 Å². The Morgan fingerprint density at radius 1 is 1.05 bits per heavy atom. The summed E-state index contributed by atoms with van der Waals surface area (Å²) in [5, 5.41) is 11.4. The maximum absolute atomic E-state index is 13.2. The fraction of sp³-hybridized carbons (Fsp3) is 0.111. The summed E-state index contributed by atoms with van der Waals surface area (Å²) in [7, 11) is 0. The number of nitrogens with one attached hydrogen (secondary N) is 1. The fourth-order valence-corrected chi connectivity index (χ4v) is 4.16. The van der Waals surface area contributed by atoms with E-state index in [9.17, 15) is 19.2 Å². The number of ether oxygens (including phenoxy) is 2. The SMILES string of the molecule is CCOc1cc(/C=C2\C(=O)NC(=O)N(c3ccc(C(=O)O)cc3)C2=O)cc(Cl)c1OCc1ccc(Br)cc1. The Labute approximate surface area is 230 Å². The lowest BCUT2D eigenvalue weighted by molar-refractivity contribution is -0.122. The lowest BCUT2D eigenvalue weighted by atomic mass is 10.1. The van der Waals surface area contributed by atoms with Gasteiger partial charge in [0.25, 0.3) is 11.8 Å². The summed E-state index contributed by atoms with van der Waals surface area (Å²) in [5.41, 5.74) is 1.02. The summed E-state index contributed by atoms with van der Waals surface area (Å²) in [6.45, 7) is 2.32. The number of carboxylic acid groups (broad SMARTS) is 1. The van der Waals surface area contributed by atoms with Crippen LogP contribution in [0, 0.1) is 0 Å². The van der Waals surface area contributed by atoms with Crippen LogP contribution in [0.1, 0.15) is 28.4 Å². The molecule has 0 aliphatic carbocycles. The third-order valence-corrected chi connectivity index (χ3v) is 6.22. The van der Waals surface area contributed by atoms with E-state index < -0.39 is 23.8 Å². The van der Waals surface area contributed by atoms with Crippen molar-refractivity contribution in [3.63, 3.8) is 0 Å². The molecule has 0 atom stereocenters. The van der Waals surface area contributed by atoms with Crippen LogP contribution >= 0.6 is 27.5 Å². The number of urea groups is 1. The van der Waals surface area contributed by atoms with Gasteiger partial charge in [0.1, 0.15) is 12.2 Å². The lowest BCUT2D eigenvalue weighted by Gasteiger charge is -2.26. The highest BCUT2D eigenvalue weighted by Crippen LogP contribution is 2.38. The van der Waals surface area contributed by atoms with E-state index in [1.54, 1.807) is 13.0 Å². The number of carboxylic acids is 1. The lowest BCUT2D eigenvalue weighted by Crippen LogP contribution is -2.54. The summed E-state index contributed by atoms with van der Waals surface area (Å²) in [4.78, 5) is 50.1. The van der Waals surface area contributed by atoms with Crippen LogP contribution in [-0.2, 0) is 16.2 Å². The van der Waals surface area contributed by atoms with Crippen molar-refractivity contribution in [3.05, 3.63) is 92.4 Å². The molecule has 11 heteroatoms. The zero-order valence-corrected chi connectivity index (χ0v) is 22.2. The number of aromatic carboxylic acids is 1. The number of carbonyl (C=O) groups excluding carboxylic acids is 3. The van der Waals surface area contributed by atoms with Crippen LogP contribution in [-0.4, -0.2) is 35.5 Å². The van der Waals surface area contributed by atoms with Gasteiger partial charge in [0, 0.05) is 4.47 Å². The molecule has 0 bridgehead atoms. The normalized spacial score (nSPS) is 14.4. The van der Waals surface area contributed by atoms with Crippen LogP contribution in [0.5, 0.6) is 11.5 Å². The van der Waals surface area contributed by atoms with Gasteiger partial charge in [-0.3, -0.25) is 14.9 Å². The summed E-state index contributed by atoms with van der Waals surface area (Å²) in [6, 6.07) is 14.8. The molecule has 0 aromatic heterocycles. The van der Waals surface area contributed by atoms with Crippen molar-refractivity contribution < 1.29 is 33.8 Å². The van der Waals surface area contributed by atoms with Crippen molar-refractivity contribution in [2.45, 2.75) is 13.5 Å². The number of hydrogen-bond acceptors (Lipinski definition) is 6. The number of nitrogens with zero attached hydrogens (tertiary/aromatic N) is 1. The number of hydrogen-bond donors (Lipinski definition) is 2. The molecule has 1 aliphatic heterocycles. The van der Waals surface area contributed by atoms with Gasteiger partial charge in [-0.25, -0.2) is 14.5 Å². The molecule has 0 saturated carbocycles. The molecule has 1 fully saturated rings. The Kier molecular flexibility index (Phi) is 8.13. The highest BCUT2D eigenvalue weighted by molar-refractivity contribution is 9.10. The second-order valence-corrected chi connectivity index (χ2v) is 9.31. The molecule has 4 rings (SSSR count). The largest absolute Gasteiger partial charge is 0.490 e. The van der Waals surface area contributed by atoms with Crippen LogP contribution in [0.15, 0.2) is 70.7 Å². The van der Waals surface area contributed by atoms with Gasteiger partial charge in [0.2, 0.25) is 0 Å². The monoisotopic (exact) mass is 598 g/mol. The Balaban J connectivity index is 1.64. The number of anilines is 1. The molecular formula is C27H20BrClN2O7. The molecule has 194 valence electrons. The van der Waals surface area contributed by atoms with Crippen molar-refractivity contribution in [1.82, 2.24) is 5.32 Å². The molecule has 1 heterocycles. The average Bonchev–Trinajstić information content (AvgIpc) is 2.87. The van der Waals surface area contributed by atoms with Gasteiger partial charge in [-0.05, 0) is 72.7 Å². The molecule has 1 saturated heterocycles. The number of benzene rings is 3. The number of halogens is 2. The van der Waals surface area contributed by atoms with Crippen molar-refractivity contribution in [1.29, 1.82) is 0 Å². The van der Waals surface area contributed by atoms with Crippen LogP contribution < -0.4 is 19.7 Å². The highest BCUT2D eigenvalue weighted by Gasteiger charge is 2.37. The topological polar surface area (TPSA) is 122 Å². The van der Waals surface area contributed by atoms with Crippen LogP contribution in [0.4, 0.5) is 10.5 Å². The van der Waals surface area contributed by atoms with Crippen LogP contribution in [0.3, 0.4) is 0 Å². The van der Waals surface area contributed by atoms with Crippen LogP contribution in [0.25, 0.3) is 6.08 Å². The standard InChI is InChI=1S/C27H20BrClN2O7/c1-2-37-22-13-16(12-21(29)23(22)38-14-15-3-7-18(28)8-4-15)11-20-24(32)30-27(36)31(25(20)33)19-9-5-17(6-10-19)26(34)35/h3-13H,2,14H2,1H3,(H,34,35)(H,30,32,36)/b20-11+. The van der Waals surface area contributed by atoms with E-state index in [-0.39, 0.29) is 28.5 Å². The smallest absolute Gasteiger partial charge is 0.335 e. The molecule has 4 amide bonds. The Morgan fingerprint density at radius 3 is 2.37 bits per heavy atom. The summed E-state index contributed by atoms with van der Waals surface area (Å²) in [6.07, 6.45) is 1.29. The third-order valence-electron chi connectivity index (χ3n) is 5.41. The third kappa shape index (κ3) is 5.87. The van der Waals surface area contributed by atoms with Gasteiger partial charge < -0.3 is 14.6 Å². The fourth-order valence-electron chi connectivity index (χ4n) is 3.62. The van der Waals surface area contributed by atoms with Gasteiger partial charge in [-0.15, -0.1) is 0 Å². The highest BCUT2D eigenvalue weighted by atomic mass is 79.9. The zero-order valence-electron chi connectivity index (χ0n) is 19.9. The Morgan fingerprint density at radius 2 is 1.74 bits per heavy atom. The quantitative estimate of drug-likeness (QED) is 0.261. The van der Waals surface area contributed by atoms with Gasteiger partial charge in [0.05, 0.1) is 22.9 Å². The Bertz CT molecular complexity index is 1450. The number of barbiturate groups is 1. The van der Waals surface area contributed by atoms with E-state index in [1.807, 2.05) is 24.3 Å². The van der Waals surface area contributed by atoms with E-state index in [1.165, 1.54) is 36.4 Å². The van der Waals surface area contributed by atoms with Crippen molar-refractivity contribution in [2.75, 3.05) is 11.5 Å². The van der Waals surface area contributed by atoms with E-state index in [0.717, 1.165) is 14.9 Å². The van der Waals surface area contributed by atoms with Gasteiger partial charge in [-0.2, -0.15) is 0 Å². The minimum absolute atomic E-state index is 0.0222. The van der Waals surface area contributed by atoms with E-state index in [4.69, 9.17) is 26.2 Å². The van der Waals surface area contributed by atoms with E-state index in [2.05, 4.69) is 21.2 Å². The van der Waals surface area contributed by atoms with Crippen molar-refractivity contribution in [3.8, 4) is 11.5 Å². The maximum Gasteiger partial charge on any atom is 0.335 e. The number of amides is 4. The first-order chi connectivity index (χ1) is 18.2. The molecule has 9 nitrogen and oxygen atoms in total. The minimum atomic E-state index is -1.16. The van der Waals surface area contributed by atoms with Gasteiger partial charge >= 0.3 is 12.0 Å². The molecule has 3 aromatic rings. The van der Waals surface area contributed by atoms with Crippen molar-refractivity contribution >= 4 is 63.1 Å². The molecule has 0 radical (unpaired) electrons. The second-order valence-electron chi connectivity index (χ2n) is 7.99. The zero-order chi connectivity index (χ0) is 27.4. The number of imide groups is 2. The molecule has 0 spiro atoms. The first-order valence-electron chi connectivity index (χ1n) is 11.3. The number of carbonyl (C=O) groups is 4. The second kappa shape index (κ2) is 11.5. The molecule has 1 aliphatic rings. The van der Waals surface area contributed by atoms with E-state index >= 15 is 0 Å². The predicted molar refractivity (Wildman–Crippen MR) is 143 cm³/mol. The van der Waals surface area contributed by atoms with Gasteiger partial charge in [-0.1, -0.05) is 39.7 Å². The van der Waals surface area contributed by atoms with Crippen LogP contribution in [0.2, 0.25) is 5.02 Å². The molecule has 3 aromatic carbocycles. The average molecular weight is 600 g/mol. The molecular weight excluding hydrogens is 580 g/mol. The summed E-state index contributed by atoms with van der Waals surface area (Å²) in [5.74, 6) is -2.32. The van der Waals surface area contributed by atoms with E-state index in [0.29, 0.717) is 23.7 Å². The molecule has 2 N–H and O–H groups in total. The molecule has 0 unspecified atom stereocenters. The number of rotatable bonds is 8. The van der Waals surface area contributed by atoms with Gasteiger partial charge in [0.15, 0.2) is 11.5 Å². The first-order valence-corrected chi connectivity index (χ1v) is 12.4.